The fourth-order valence-corrected chi connectivity index (χ4v) is 1.22. The van der Waals surface area contributed by atoms with E-state index in [-0.39, 0.29) is 12.1 Å². The molecule has 2 N–H and O–H groups in total. The van der Waals surface area contributed by atoms with E-state index < -0.39 is 0 Å². The molecule has 0 aliphatic rings. The molecule has 1 unspecified atom stereocenters. The maximum Gasteiger partial charge on any atom is 0.129 e. The van der Waals surface area contributed by atoms with Crippen LogP contribution in [0.3, 0.4) is 0 Å². The highest BCUT2D eigenvalue weighted by atomic mass is 35.5. The van der Waals surface area contributed by atoms with Crippen LogP contribution in [0.15, 0.2) is 18.3 Å². The predicted octanol–water partition coefficient (Wildman–Crippen LogP) is 1.77. The van der Waals surface area contributed by atoms with Crippen LogP contribution in [0, 0.1) is 0 Å². The Morgan fingerprint density at radius 1 is 1.50 bits per heavy atom. The molecule has 4 heteroatoms. The van der Waals surface area contributed by atoms with Gasteiger partial charge in [-0.15, -0.1) is 0 Å². The van der Waals surface area contributed by atoms with Crippen LogP contribution in [-0.2, 0) is 0 Å². The van der Waals surface area contributed by atoms with Gasteiger partial charge in [-0.05, 0) is 25.5 Å². The van der Waals surface area contributed by atoms with Crippen molar-refractivity contribution in [2.75, 3.05) is 6.54 Å². The zero-order valence-electron chi connectivity index (χ0n) is 8.37. The highest BCUT2D eigenvalue weighted by Crippen LogP contribution is 2.12. The van der Waals surface area contributed by atoms with Crippen molar-refractivity contribution in [1.82, 2.24) is 10.3 Å². The normalized spacial score (nSPS) is 15.1. The first-order chi connectivity index (χ1) is 6.59. The van der Waals surface area contributed by atoms with Gasteiger partial charge in [-0.1, -0.05) is 17.7 Å². The fourth-order valence-electron chi connectivity index (χ4n) is 1.11. The second-order valence-electron chi connectivity index (χ2n) is 3.39. The van der Waals surface area contributed by atoms with Gasteiger partial charge in [0.15, 0.2) is 0 Å². The Bertz CT molecular complexity index is 274. The van der Waals surface area contributed by atoms with Crippen molar-refractivity contribution in [3.05, 3.63) is 29.0 Å². The lowest BCUT2D eigenvalue weighted by Crippen LogP contribution is -2.27. The molecule has 0 saturated carbocycles. The summed E-state index contributed by atoms with van der Waals surface area (Å²) in [6.07, 6.45) is 1.40. The van der Waals surface area contributed by atoms with Crippen LogP contribution in [-0.4, -0.2) is 22.7 Å². The van der Waals surface area contributed by atoms with Crippen LogP contribution < -0.4 is 5.32 Å². The fraction of sp³-hybridized carbons (Fsp3) is 0.500. The van der Waals surface area contributed by atoms with E-state index in [9.17, 15) is 0 Å². The highest BCUT2D eigenvalue weighted by Gasteiger charge is 2.05. The van der Waals surface area contributed by atoms with Gasteiger partial charge in [-0.25, -0.2) is 4.98 Å². The third-order valence-electron chi connectivity index (χ3n) is 1.97. The van der Waals surface area contributed by atoms with E-state index >= 15 is 0 Å². The molecule has 0 bridgehead atoms. The smallest absolute Gasteiger partial charge is 0.129 e. The van der Waals surface area contributed by atoms with E-state index in [0.29, 0.717) is 11.7 Å². The van der Waals surface area contributed by atoms with Gasteiger partial charge in [-0.3, -0.25) is 0 Å². The predicted molar refractivity (Wildman–Crippen MR) is 57.3 cm³/mol. The van der Waals surface area contributed by atoms with Crippen molar-refractivity contribution in [2.45, 2.75) is 26.0 Å². The molecule has 1 aromatic heterocycles. The van der Waals surface area contributed by atoms with Gasteiger partial charge in [0.05, 0.1) is 6.10 Å². The largest absolute Gasteiger partial charge is 0.392 e. The first-order valence-electron chi connectivity index (χ1n) is 4.62. The summed E-state index contributed by atoms with van der Waals surface area (Å²) < 4.78 is 0. The summed E-state index contributed by atoms with van der Waals surface area (Å²) in [7, 11) is 0. The van der Waals surface area contributed by atoms with E-state index in [1.54, 1.807) is 19.2 Å². The van der Waals surface area contributed by atoms with Gasteiger partial charge >= 0.3 is 0 Å². The van der Waals surface area contributed by atoms with Crippen LogP contribution in [0.1, 0.15) is 25.5 Å². The third-order valence-corrected chi connectivity index (χ3v) is 2.19. The second kappa shape index (κ2) is 5.29. The van der Waals surface area contributed by atoms with Crippen LogP contribution in [0.25, 0.3) is 0 Å². The van der Waals surface area contributed by atoms with Gasteiger partial charge in [0.25, 0.3) is 0 Å². The van der Waals surface area contributed by atoms with Crippen LogP contribution in [0.2, 0.25) is 5.15 Å². The summed E-state index contributed by atoms with van der Waals surface area (Å²) in [6.45, 7) is 4.34. The van der Waals surface area contributed by atoms with Gasteiger partial charge in [-0.2, -0.15) is 0 Å². The molecule has 0 saturated heterocycles. The Labute approximate surface area is 89.1 Å². The molecule has 0 aromatic carbocycles. The first-order valence-corrected chi connectivity index (χ1v) is 5.00. The number of aromatic nitrogens is 1. The molecule has 14 heavy (non-hydrogen) atoms. The molecule has 0 fully saturated rings. The Morgan fingerprint density at radius 2 is 2.21 bits per heavy atom. The number of hydrogen-bond donors (Lipinski definition) is 2. The van der Waals surface area contributed by atoms with E-state index in [2.05, 4.69) is 10.3 Å². The van der Waals surface area contributed by atoms with Crippen molar-refractivity contribution in [3.63, 3.8) is 0 Å². The number of rotatable bonds is 4. The number of pyridine rings is 1. The van der Waals surface area contributed by atoms with E-state index in [0.717, 1.165) is 5.56 Å². The van der Waals surface area contributed by atoms with Crippen LogP contribution in [0.4, 0.5) is 0 Å². The topological polar surface area (TPSA) is 45.1 Å². The third kappa shape index (κ3) is 3.62. The lowest BCUT2D eigenvalue weighted by atomic mass is 10.1. The monoisotopic (exact) mass is 214 g/mol. The van der Waals surface area contributed by atoms with Gasteiger partial charge in [0.1, 0.15) is 5.15 Å². The number of halogens is 1. The van der Waals surface area contributed by atoms with Crippen molar-refractivity contribution >= 4 is 11.6 Å². The summed E-state index contributed by atoms with van der Waals surface area (Å²) >= 11 is 5.67. The quantitative estimate of drug-likeness (QED) is 0.751. The second-order valence-corrected chi connectivity index (χ2v) is 3.78. The van der Waals surface area contributed by atoms with Crippen molar-refractivity contribution < 1.29 is 5.11 Å². The van der Waals surface area contributed by atoms with Crippen molar-refractivity contribution in [1.29, 1.82) is 0 Å². The number of nitrogens with one attached hydrogen (secondary N) is 1. The lowest BCUT2D eigenvalue weighted by molar-refractivity contribution is 0.187. The maximum atomic E-state index is 9.09. The molecule has 0 spiro atoms. The minimum atomic E-state index is -0.335. The Kier molecular flexibility index (Phi) is 4.32. The maximum absolute atomic E-state index is 9.09. The molecule has 0 amide bonds. The average molecular weight is 215 g/mol. The van der Waals surface area contributed by atoms with E-state index in [1.807, 2.05) is 13.0 Å². The van der Waals surface area contributed by atoms with Crippen LogP contribution >= 0.6 is 11.6 Å². The molecule has 1 heterocycles. The molecule has 0 aliphatic heterocycles. The Hall–Kier alpha value is -0.640. The Morgan fingerprint density at radius 3 is 2.71 bits per heavy atom. The summed E-state index contributed by atoms with van der Waals surface area (Å²) in [6, 6.07) is 3.86. The molecule has 3 nitrogen and oxygen atoms in total. The summed E-state index contributed by atoms with van der Waals surface area (Å²) in [5.74, 6) is 0. The molecule has 0 radical (unpaired) electrons. The number of hydrogen-bond acceptors (Lipinski definition) is 3. The molecule has 1 aromatic rings. The van der Waals surface area contributed by atoms with Gasteiger partial charge in [0.2, 0.25) is 0 Å². The molecule has 1 rings (SSSR count). The average Bonchev–Trinajstić information content (AvgIpc) is 2.15. The van der Waals surface area contributed by atoms with E-state index in [1.165, 1.54) is 0 Å². The molecule has 78 valence electrons. The van der Waals surface area contributed by atoms with Crippen LogP contribution in [0.5, 0.6) is 0 Å². The molecule has 0 aliphatic carbocycles. The van der Waals surface area contributed by atoms with Crippen molar-refractivity contribution in [2.24, 2.45) is 0 Å². The van der Waals surface area contributed by atoms with Crippen molar-refractivity contribution in [3.8, 4) is 0 Å². The standard InChI is InChI=1S/C10H15ClN2O/c1-7(14)5-12-8(2)9-3-4-10(11)13-6-9/h3-4,6-8,12,14H,5H2,1-2H3/t7-,8?/m1/s1. The zero-order chi connectivity index (χ0) is 10.6. The molecular formula is C10H15ClN2O. The molecular weight excluding hydrogens is 200 g/mol. The number of aliphatic hydroxyl groups is 1. The summed E-state index contributed by atoms with van der Waals surface area (Å²) in [5, 5.41) is 12.8. The number of aliphatic hydroxyl groups excluding tert-OH is 1. The Balaban J connectivity index is 2.52. The SMILES string of the molecule is CC(NC[C@@H](C)O)c1ccc(Cl)nc1. The first kappa shape index (κ1) is 11.4. The highest BCUT2D eigenvalue weighted by molar-refractivity contribution is 6.29. The summed E-state index contributed by atoms with van der Waals surface area (Å²) in [5.41, 5.74) is 1.06. The minimum absolute atomic E-state index is 0.175. The minimum Gasteiger partial charge on any atom is -0.392 e. The summed E-state index contributed by atoms with van der Waals surface area (Å²) in [4.78, 5) is 3.99. The zero-order valence-corrected chi connectivity index (χ0v) is 9.12. The van der Waals surface area contributed by atoms with Gasteiger partial charge in [0, 0.05) is 18.8 Å². The number of nitrogens with zero attached hydrogens (tertiary/aromatic N) is 1. The lowest BCUT2D eigenvalue weighted by Gasteiger charge is -2.14. The molecule has 2 atom stereocenters. The van der Waals surface area contributed by atoms with E-state index in [4.69, 9.17) is 16.7 Å². The van der Waals surface area contributed by atoms with Gasteiger partial charge < -0.3 is 10.4 Å².